The van der Waals surface area contributed by atoms with Gasteiger partial charge in [0.05, 0.1) is 5.69 Å². The molecule has 0 heterocycles. The normalized spacial score (nSPS) is 9.94. The van der Waals surface area contributed by atoms with E-state index in [-0.39, 0.29) is 5.82 Å². The Labute approximate surface area is 106 Å². The van der Waals surface area contributed by atoms with Crippen LogP contribution in [0.2, 0.25) is 0 Å². The number of hydrogen-bond acceptors (Lipinski definition) is 3. The van der Waals surface area contributed by atoms with Crippen LogP contribution in [0, 0.1) is 5.82 Å². The van der Waals surface area contributed by atoms with E-state index in [4.69, 9.17) is 0 Å². The van der Waals surface area contributed by atoms with Gasteiger partial charge in [-0.1, -0.05) is 0 Å². The average Bonchev–Trinajstić information content (AvgIpc) is 2.42. The van der Waals surface area contributed by atoms with Gasteiger partial charge in [0.15, 0.2) is 0 Å². The van der Waals surface area contributed by atoms with E-state index >= 15 is 0 Å². The van der Waals surface area contributed by atoms with Gasteiger partial charge < -0.3 is 16.0 Å². The third-order valence-electron chi connectivity index (χ3n) is 2.71. The van der Waals surface area contributed by atoms with Crippen molar-refractivity contribution < 1.29 is 4.39 Å². The number of anilines is 4. The molecule has 94 valence electrons. The van der Waals surface area contributed by atoms with E-state index in [0.29, 0.717) is 5.69 Å². The number of hydrogen-bond donors (Lipinski definition) is 3. The second-order valence-corrected chi connectivity index (χ2v) is 3.90. The molecule has 0 saturated carbocycles. The van der Waals surface area contributed by atoms with Crippen LogP contribution in [0.15, 0.2) is 42.5 Å². The predicted molar refractivity (Wildman–Crippen MR) is 75.2 cm³/mol. The highest BCUT2D eigenvalue weighted by Crippen LogP contribution is 2.23. The molecule has 0 bridgehead atoms. The fourth-order valence-corrected chi connectivity index (χ4v) is 1.65. The Kier molecular flexibility index (Phi) is 3.67. The first kappa shape index (κ1) is 12.2. The standard InChI is InChI=1S/C14H16FN3/c1-16-10-3-5-11(6-4-10)18-14-8-7-12(17-2)9-13(14)15/h3-9,16-18H,1-2H3. The van der Waals surface area contributed by atoms with Crippen molar-refractivity contribution in [1.82, 2.24) is 0 Å². The SMILES string of the molecule is CNc1ccc(Nc2ccc(NC)cc2F)cc1. The lowest BCUT2D eigenvalue weighted by Gasteiger charge is -2.09. The van der Waals surface area contributed by atoms with Gasteiger partial charge >= 0.3 is 0 Å². The predicted octanol–water partition coefficient (Wildman–Crippen LogP) is 3.65. The molecule has 0 atom stereocenters. The van der Waals surface area contributed by atoms with Crippen molar-refractivity contribution >= 4 is 22.7 Å². The summed E-state index contributed by atoms with van der Waals surface area (Å²) in [4.78, 5) is 0. The molecule has 4 heteroatoms. The molecule has 3 N–H and O–H groups in total. The fourth-order valence-electron chi connectivity index (χ4n) is 1.65. The minimum Gasteiger partial charge on any atom is -0.388 e. The maximum atomic E-state index is 13.8. The number of nitrogens with one attached hydrogen (secondary N) is 3. The summed E-state index contributed by atoms with van der Waals surface area (Å²) in [5.74, 6) is -0.278. The molecule has 2 rings (SSSR count). The van der Waals surface area contributed by atoms with E-state index in [0.717, 1.165) is 17.1 Å². The Morgan fingerprint density at radius 3 is 1.89 bits per heavy atom. The van der Waals surface area contributed by atoms with Gasteiger partial charge in [0.25, 0.3) is 0 Å². The van der Waals surface area contributed by atoms with Gasteiger partial charge in [0, 0.05) is 31.2 Å². The van der Waals surface area contributed by atoms with Crippen LogP contribution in [0.25, 0.3) is 0 Å². The Morgan fingerprint density at radius 2 is 1.33 bits per heavy atom. The van der Waals surface area contributed by atoms with Crippen molar-refractivity contribution in [2.45, 2.75) is 0 Å². The molecule has 0 amide bonds. The highest BCUT2D eigenvalue weighted by molar-refractivity contribution is 5.65. The Morgan fingerprint density at radius 1 is 0.778 bits per heavy atom. The molecule has 0 aliphatic heterocycles. The van der Waals surface area contributed by atoms with Crippen molar-refractivity contribution in [3.63, 3.8) is 0 Å². The molecule has 0 aromatic heterocycles. The Hall–Kier alpha value is -2.23. The Bertz CT molecular complexity index is 523. The molecule has 0 aliphatic carbocycles. The Balaban J connectivity index is 2.17. The fraction of sp³-hybridized carbons (Fsp3) is 0.143. The first-order chi connectivity index (χ1) is 8.72. The summed E-state index contributed by atoms with van der Waals surface area (Å²) in [6.07, 6.45) is 0. The van der Waals surface area contributed by atoms with Crippen LogP contribution >= 0.6 is 0 Å². The van der Waals surface area contributed by atoms with Gasteiger partial charge in [-0.2, -0.15) is 0 Å². The van der Waals surface area contributed by atoms with Crippen LogP contribution in [0.3, 0.4) is 0 Å². The van der Waals surface area contributed by atoms with Gasteiger partial charge in [-0.3, -0.25) is 0 Å². The lowest BCUT2D eigenvalue weighted by Crippen LogP contribution is -1.96. The van der Waals surface area contributed by atoms with Crippen LogP contribution in [0.4, 0.5) is 27.1 Å². The topological polar surface area (TPSA) is 36.1 Å². The summed E-state index contributed by atoms with van der Waals surface area (Å²) in [5.41, 5.74) is 3.09. The summed E-state index contributed by atoms with van der Waals surface area (Å²) in [5, 5.41) is 8.98. The molecule has 2 aromatic carbocycles. The third-order valence-corrected chi connectivity index (χ3v) is 2.71. The maximum Gasteiger partial charge on any atom is 0.148 e. The molecule has 0 fully saturated rings. The van der Waals surface area contributed by atoms with Crippen molar-refractivity contribution in [2.75, 3.05) is 30.0 Å². The van der Waals surface area contributed by atoms with Gasteiger partial charge in [-0.25, -0.2) is 4.39 Å². The smallest absolute Gasteiger partial charge is 0.148 e. The van der Waals surface area contributed by atoms with Crippen LogP contribution in [-0.2, 0) is 0 Å². The van der Waals surface area contributed by atoms with Crippen LogP contribution in [0.1, 0.15) is 0 Å². The second-order valence-electron chi connectivity index (χ2n) is 3.90. The van der Waals surface area contributed by atoms with Gasteiger partial charge in [-0.15, -0.1) is 0 Å². The lowest BCUT2D eigenvalue weighted by atomic mass is 10.2. The summed E-state index contributed by atoms with van der Waals surface area (Å²) >= 11 is 0. The third kappa shape index (κ3) is 2.71. The highest BCUT2D eigenvalue weighted by atomic mass is 19.1. The molecule has 18 heavy (non-hydrogen) atoms. The van der Waals surface area contributed by atoms with E-state index in [9.17, 15) is 4.39 Å². The molecule has 0 aliphatic rings. The quantitative estimate of drug-likeness (QED) is 0.769. The zero-order valence-electron chi connectivity index (χ0n) is 10.4. The van der Waals surface area contributed by atoms with Gasteiger partial charge in [0.1, 0.15) is 5.82 Å². The van der Waals surface area contributed by atoms with E-state index < -0.39 is 0 Å². The van der Waals surface area contributed by atoms with Crippen molar-refractivity contribution in [1.29, 1.82) is 0 Å². The largest absolute Gasteiger partial charge is 0.388 e. The van der Waals surface area contributed by atoms with E-state index in [2.05, 4.69) is 16.0 Å². The summed E-state index contributed by atoms with van der Waals surface area (Å²) in [6, 6.07) is 12.7. The van der Waals surface area contributed by atoms with Crippen molar-refractivity contribution in [3.05, 3.63) is 48.3 Å². The van der Waals surface area contributed by atoms with E-state index in [1.807, 2.05) is 37.4 Å². The number of halogens is 1. The summed E-state index contributed by atoms with van der Waals surface area (Å²) in [7, 11) is 3.62. The van der Waals surface area contributed by atoms with Crippen molar-refractivity contribution in [2.24, 2.45) is 0 Å². The highest BCUT2D eigenvalue weighted by Gasteiger charge is 2.03. The molecule has 0 radical (unpaired) electrons. The zero-order valence-corrected chi connectivity index (χ0v) is 10.4. The minimum atomic E-state index is -0.278. The molecule has 0 saturated heterocycles. The molecule has 0 unspecified atom stereocenters. The zero-order chi connectivity index (χ0) is 13.0. The lowest BCUT2D eigenvalue weighted by molar-refractivity contribution is 0.632. The van der Waals surface area contributed by atoms with Gasteiger partial charge in [-0.05, 0) is 42.5 Å². The number of benzene rings is 2. The molecule has 0 spiro atoms. The molecular formula is C14H16FN3. The van der Waals surface area contributed by atoms with Gasteiger partial charge in [0.2, 0.25) is 0 Å². The van der Waals surface area contributed by atoms with Crippen molar-refractivity contribution in [3.8, 4) is 0 Å². The molecular weight excluding hydrogens is 229 g/mol. The average molecular weight is 245 g/mol. The summed E-state index contributed by atoms with van der Waals surface area (Å²) in [6.45, 7) is 0. The van der Waals surface area contributed by atoms with Crippen LogP contribution in [0.5, 0.6) is 0 Å². The van der Waals surface area contributed by atoms with E-state index in [1.54, 1.807) is 13.1 Å². The minimum absolute atomic E-state index is 0.278. The van der Waals surface area contributed by atoms with Crippen LogP contribution in [-0.4, -0.2) is 14.1 Å². The first-order valence-electron chi connectivity index (χ1n) is 5.75. The summed E-state index contributed by atoms with van der Waals surface area (Å²) < 4.78 is 13.8. The van der Waals surface area contributed by atoms with Crippen LogP contribution < -0.4 is 16.0 Å². The maximum absolute atomic E-state index is 13.8. The molecule has 2 aromatic rings. The van der Waals surface area contributed by atoms with E-state index in [1.165, 1.54) is 6.07 Å². The second kappa shape index (κ2) is 5.40. The first-order valence-corrected chi connectivity index (χ1v) is 5.75. The monoisotopic (exact) mass is 245 g/mol. The molecule has 3 nitrogen and oxygen atoms in total. The number of rotatable bonds is 4.